The first-order valence-corrected chi connectivity index (χ1v) is 9.34. The first kappa shape index (κ1) is 20.1. The normalized spacial score (nSPS) is 10.6. The van der Waals surface area contributed by atoms with Gasteiger partial charge < -0.3 is 15.1 Å². The van der Waals surface area contributed by atoms with Crippen LogP contribution in [0.25, 0.3) is 10.9 Å². The number of furan rings is 1. The van der Waals surface area contributed by atoms with Crippen molar-refractivity contribution in [3.63, 3.8) is 0 Å². The zero-order valence-corrected chi connectivity index (χ0v) is 16.5. The highest BCUT2D eigenvalue weighted by atomic mass is 35.5. The maximum Gasteiger partial charge on any atom is 0.433 e. The summed E-state index contributed by atoms with van der Waals surface area (Å²) >= 11 is 5.86. The second-order valence-electron chi connectivity index (χ2n) is 6.50. The number of benzene rings is 2. The fourth-order valence-corrected chi connectivity index (χ4v) is 3.17. The van der Waals surface area contributed by atoms with E-state index in [-0.39, 0.29) is 17.5 Å². The van der Waals surface area contributed by atoms with Crippen molar-refractivity contribution >= 4 is 45.5 Å². The molecular formula is C21H13ClFN5O3. The minimum Gasteiger partial charge on any atom is -0.404 e. The molecule has 31 heavy (non-hydrogen) atoms. The highest BCUT2D eigenvalue weighted by molar-refractivity contribution is 6.31. The number of rotatable bonds is 6. The van der Waals surface area contributed by atoms with Crippen LogP contribution in [0, 0.1) is 27.3 Å². The van der Waals surface area contributed by atoms with E-state index < -0.39 is 10.7 Å². The van der Waals surface area contributed by atoms with Crippen LogP contribution >= 0.6 is 11.6 Å². The highest BCUT2D eigenvalue weighted by Crippen LogP contribution is 2.32. The molecule has 2 N–H and O–H groups in total. The van der Waals surface area contributed by atoms with Crippen LogP contribution in [0.15, 0.2) is 59.1 Å². The van der Waals surface area contributed by atoms with Gasteiger partial charge in [-0.25, -0.2) is 4.39 Å². The number of nitriles is 1. The van der Waals surface area contributed by atoms with Crippen LogP contribution < -0.4 is 10.6 Å². The van der Waals surface area contributed by atoms with E-state index in [4.69, 9.17) is 16.0 Å². The molecule has 154 valence electrons. The van der Waals surface area contributed by atoms with E-state index in [9.17, 15) is 19.8 Å². The number of hydrogen-bond donors (Lipinski definition) is 2. The lowest BCUT2D eigenvalue weighted by Gasteiger charge is -2.13. The fraction of sp³-hybridized carbons (Fsp3) is 0.0476. The molecule has 0 unspecified atom stereocenters. The van der Waals surface area contributed by atoms with Crippen LogP contribution in [0.2, 0.25) is 5.02 Å². The fourth-order valence-electron chi connectivity index (χ4n) is 2.99. The summed E-state index contributed by atoms with van der Waals surface area (Å²) in [5, 5.41) is 27.1. The van der Waals surface area contributed by atoms with Crippen molar-refractivity contribution in [2.45, 2.75) is 6.54 Å². The third kappa shape index (κ3) is 4.24. The number of hydrogen-bond acceptors (Lipinski definition) is 7. The molecule has 8 nitrogen and oxygen atoms in total. The zero-order chi connectivity index (χ0) is 22.0. The van der Waals surface area contributed by atoms with Gasteiger partial charge in [-0.2, -0.15) is 5.26 Å². The second kappa shape index (κ2) is 8.30. The molecule has 0 aliphatic heterocycles. The van der Waals surface area contributed by atoms with Crippen molar-refractivity contribution < 1.29 is 13.7 Å². The summed E-state index contributed by atoms with van der Waals surface area (Å²) in [4.78, 5) is 14.4. The van der Waals surface area contributed by atoms with E-state index >= 15 is 0 Å². The smallest absolute Gasteiger partial charge is 0.404 e. The number of pyridine rings is 1. The van der Waals surface area contributed by atoms with Gasteiger partial charge in [-0.15, -0.1) is 0 Å². The van der Waals surface area contributed by atoms with Gasteiger partial charge >= 0.3 is 5.88 Å². The van der Waals surface area contributed by atoms with Gasteiger partial charge in [0.2, 0.25) is 0 Å². The zero-order valence-electron chi connectivity index (χ0n) is 15.7. The Balaban J connectivity index is 1.66. The molecule has 0 fully saturated rings. The maximum atomic E-state index is 13.5. The number of nitrogens with zero attached hydrogens (tertiary/aromatic N) is 3. The van der Waals surface area contributed by atoms with Crippen LogP contribution in [0.1, 0.15) is 11.3 Å². The van der Waals surface area contributed by atoms with Gasteiger partial charge in [-0.3, -0.25) is 15.1 Å². The summed E-state index contributed by atoms with van der Waals surface area (Å²) in [5.41, 5.74) is 2.62. The van der Waals surface area contributed by atoms with Crippen molar-refractivity contribution in [2.75, 3.05) is 10.6 Å². The Kier molecular flexibility index (Phi) is 5.39. The third-order valence-electron chi connectivity index (χ3n) is 4.47. The first-order valence-electron chi connectivity index (χ1n) is 8.96. The van der Waals surface area contributed by atoms with E-state index in [0.717, 1.165) is 0 Å². The maximum absolute atomic E-state index is 13.5. The quantitative estimate of drug-likeness (QED) is 0.291. The molecule has 0 radical (unpaired) electrons. The van der Waals surface area contributed by atoms with Crippen molar-refractivity contribution in [1.82, 2.24) is 4.98 Å². The number of halogens is 2. The average molecular weight is 438 g/mol. The third-order valence-corrected chi connectivity index (χ3v) is 4.76. The summed E-state index contributed by atoms with van der Waals surface area (Å²) in [7, 11) is 0. The van der Waals surface area contributed by atoms with Crippen molar-refractivity contribution in [1.29, 1.82) is 5.26 Å². The Morgan fingerprint density at radius 2 is 2.00 bits per heavy atom. The molecule has 2 heterocycles. The average Bonchev–Trinajstić information content (AvgIpc) is 3.24. The van der Waals surface area contributed by atoms with Crippen LogP contribution in [-0.2, 0) is 6.54 Å². The van der Waals surface area contributed by atoms with Crippen LogP contribution in [0.4, 0.5) is 27.3 Å². The lowest BCUT2D eigenvalue weighted by Crippen LogP contribution is -2.00. The predicted octanol–water partition coefficient (Wildman–Crippen LogP) is 5.76. The number of nitrogens with one attached hydrogen (secondary N) is 2. The van der Waals surface area contributed by atoms with Crippen molar-refractivity contribution in [3.05, 3.63) is 87.0 Å². The molecule has 0 amide bonds. The summed E-state index contributed by atoms with van der Waals surface area (Å²) in [6.07, 6.45) is 1.45. The summed E-state index contributed by atoms with van der Waals surface area (Å²) in [5.74, 6) is -0.477. The second-order valence-corrected chi connectivity index (χ2v) is 6.90. The van der Waals surface area contributed by atoms with Crippen molar-refractivity contribution in [2.24, 2.45) is 0 Å². The van der Waals surface area contributed by atoms with E-state index in [1.165, 1.54) is 36.5 Å². The molecule has 2 aromatic carbocycles. The molecule has 0 spiro atoms. The van der Waals surface area contributed by atoms with Gasteiger partial charge in [-0.1, -0.05) is 11.6 Å². The molecular weight excluding hydrogens is 425 g/mol. The van der Waals surface area contributed by atoms with E-state index in [1.54, 1.807) is 18.2 Å². The largest absolute Gasteiger partial charge is 0.433 e. The molecule has 10 heteroatoms. The number of anilines is 3. The summed E-state index contributed by atoms with van der Waals surface area (Å²) in [6.45, 7) is 0.223. The van der Waals surface area contributed by atoms with Gasteiger partial charge in [0.1, 0.15) is 22.6 Å². The van der Waals surface area contributed by atoms with E-state index in [0.29, 0.717) is 39.3 Å². The van der Waals surface area contributed by atoms with Crippen LogP contribution in [-0.4, -0.2) is 9.91 Å². The summed E-state index contributed by atoms with van der Waals surface area (Å²) < 4.78 is 18.6. The SMILES string of the molecule is N#Cc1cnc2ccc(NCc3ccc([N+](=O)[O-])o3)cc2c1Nc1ccc(F)c(Cl)c1. The lowest BCUT2D eigenvalue weighted by atomic mass is 10.1. The topological polar surface area (TPSA) is 117 Å². The molecule has 4 rings (SSSR count). The Morgan fingerprint density at radius 3 is 2.71 bits per heavy atom. The minimum absolute atomic E-state index is 0.0447. The van der Waals surface area contributed by atoms with E-state index in [2.05, 4.69) is 21.7 Å². The Hall–Kier alpha value is -4.16. The van der Waals surface area contributed by atoms with Crippen LogP contribution in [0.5, 0.6) is 0 Å². The highest BCUT2D eigenvalue weighted by Gasteiger charge is 2.13. The monoisotopic (exact) mass is 437 g/mol. The van der Waals surface area contributed by atoms with E-state index in [1.807, 2.05) is 0 Å². The summed E-state index contributed by atoms with van der Waals surface area (Å²) in [6, 6.07) is 14.4. The molecule has 2 aromatic heterocycles. The van der Waals surface area contributed by atoms with Gasteiger partial charge in [0, 0.05) is 23.0 Å². The number of nitro groups is 1. The standard InChI is InChI=1S/C21H13ClFN5O3/c22-17-8-14(1-4-18(17)23)27-21-12(9-24)10-26-19-5-2-13(7-16(19)21)25-11-15-3-6-20(31-15)28(29)30/h1-8,10,25H,11H2,(H,26,27). The van der Waals surface area contributed by atoms with Gasteiger partial charge in [0.05, 0.1) is 34.4 Å². The lowest BCUT2D eigenvalue weighted by molar-refractivity contribution is -0.402. The molecule has 0 aliphatic carbocycles. The Bertz CT molecular complexity index is 1350. The Labute approximate surface area is 180 Å². The molecule has 4 aromatic rings. The van der Waals surface area contributed by atoms with Gasteiger partial charge in [0.15, 0.2) is 0 Å². The number of fused-ring (bicyclic) bond motifs is 1. The first-order chi connectivity index (χ1) is 14.9. The minimum atomic E-state index is -0.603. The van der Waals surface area contributed by atoms with Crippen molar-refractivity contribution in [3.8, 4) is 6.07 Å². The molecule has 0 saturated carbocycles. The molecule has 0 bridgehead atoms. The van der Waals surface area contributed by atoms with Crippen LogP contribution in [0.3, 0.4) is 0 Å². The van der Waals surface area contributed by atoms with Gasteiger partial charge in [-0.05, 0) is 42.5 Å². The molecule has 0 saturated heterocycles. The number of aromatic nitrogens is 1. The molecule has 0 aliphatic rings. The predicted molar refractivity (Wildman–Crippen MR) is 114 cm³/mol. The van der Waals surface area contributed by atoms with Gasteiger partial charge in [0.25, 0.3) is 0 Å². The Morgan fingerprint density at radius 1 is 1.19 bits per heavy atom. The molecule has 0 atom stereocenters.